The molecule has 5 nitrogen and oxygen atoms in total. The molecule has 0 saturated heterocycles. The minimum atomic E-state index is -0.533. The van der Waals surface area contributed by atoms with E-state index < -0.39 is 11.7 Å². The fraction of sp³-hybridized carbons (Fsp3) is 0.318. The molecule has 1 aliphatic heterocycles. The summed E-state index contributed by atoms with van der Waals surface area (Å²) in [6.45, 7) is 1.80. The summed E-state index contributed by atoms with van der Waals surface area (Å²) in [6.07, 6.45) is 4.79. The second kappa shape index (κ2) is 7.19. The van der Waals surface area contributed by atoms with Gasteiger partial charge in [0.15, 0.2) is 0 Å². The van der Waals surface area contributed by atoms with Crippen molar-refractivity contribution >= 4 is 23.4 Å². The Morgan fingerprint density at radius 1 is 1.00 bits per heavy atom. The van der Waals surface area contributed by atoms with Crippen molar-refractivity contribution in [2.75, 3.05) is 5.32 Å². The highest BCUT2D eigenvalue weighted by Crippen LogP contribution is 2.31. The minimum absolute atomic E-state index is 0.0696. The van der Waals surface area contributed by atoms with Crippen LogP contribution in [0.2, 0.25) is 0 Å². The first-order valence-corrected chi connectivity index (χ1v) is 9.55. The van der Waals surface area contributed by atoms with Crippen molar-refractivity contribution in [3.05, 3.63) is 64.5 Å². The summed E-state index contributed by atoms with van der Waals surface area (Å²) in [6, 6.07) is 8.82. The molecule has 0 bridgehead atoms. The lowest BCUT2D eigenvalue weighted by Gasteiger charge is -2.29. The number of anilines is 1. The van der Waals surface area contributed by atoms with Gasteiger partial charge >= 0.3 is 0 Å². The molecular formula is C22H21FN2O3. The summed E-state index contributed by atoms with van der Waals surface area (Å²) in [5, 5.41) is 2.54. The first kappa shape index (κ1) is 18.3. The molecule has 2 aromatic carbocycles. The second-order valence-electron chi connectivity index (χ2n) is 7.47. The van der Waals surface area contributed by atoms with E-state index in [2.05, 4.69) is 5.32 Å². The quantitative estimate of drug-likeness (QED) is 0.807. The van der Waals surface area contributed by atoms with Crippen molar-refractivity contribution in [1.82, 2.24) is 4.90 Å². The van der Waals surface area contributed by atoms with Crippen LogP contribution in [0.15, 0.2) is 36.4 Å². The minimum Gasteiger partial charge on any atom is -0.319 e. The van der Waals surface area contributed by atoms with E-state index in [0.717, 1.165) is 37.7 Å². The van der Waals surface area contributed by atoms with Crippen LogP contribution >= 0.6 is 0 Å². The molecule has 0 unspecified atom stereocenters. The Kier molecular flexibility index (Phi) is 4.71. The molecule has 0 spiro atoms. The predicted molar refractivity (Wildman–Crippen MR) is 103 cm³/mol. The summed E-state index contributed by atoms with van der Waals surface area (Å²) in [7, 11) is 0. The van der Waals surface area contributed by atoms with Gasteiger partial charge in [0.05, 0.1) is 16.8 Å². The molecule has 0 aromatic heterocycles. The highest BCUT2D eigenvalue weighted by atomic mass is 19.1. The van der Waals surface area contributed by atoms with Crippen LogP contribution in [0.3, 0.4) is 0 Å². The standard InChI is InChI=1S/C22H21FN2O3/c1-13-7-10-18(23)19(11-13)24-20(26)14-8-9-16-17(12-14)22(28)25(21(16)27)15-5-3-2-4-6-15/h7-12,15H,2-6H2,1H3,(H,24,26). The van der Waals surface area contributed by atoms with Crippen LogP contribution < -0.4 is 5.32 Å². The van der Waals surface area contributed by atoms with Gasteiger partial charge in [0.2, 0.25) is 0 Å². The number of hydrogen-bond donors (Lipinski definition) is 1. The van der Waals surface area contributed by atoms with E-state index in [4.69, 9.17) is 0 Å². The Labute approximate surface area is 162 Å². The Morgan fingerprint density at radius 3 is 2.46 bits per heavy atom. The largest absolute Gasteiger partial charge is 0.319 e. The summed E-state index contributed by atoms with van der Waals surface area (Å²) in [5.41, 5.74) is 1.68. The van der Waals surface area contributed by atoms with Crippen molar-refractivity contribution in [3.63, 3.8) is 0 Å². The SMILES string of the molecule is Cc1ccc(F)c(NC(=O)c2ccc3c(c2)C(=O)N(C2CCCCC2)C3=O)c1. The van der Waals surface area contributed by atoms with E-state index in [1.165, 1.54) is 29.2 Å². The van der Waals surface area contributed by atoms with Gasteiger partial charge < -0.3 is 5.32 Å². The van der Waals surface area contributed by atoms with Gasteiger partial charge in [-0.25, -0.2) is 4.39 Å². The number of rotatable bonds is 3. The number of aryl methyl sites for hydroxylation is 1. The molecule has 2 aromatic rings. The van der Waals surface area contributed by atoms with Crippen LogP contribution in [0.4, 0.5) is 10.1 Å². The molecule has 1 aliphatic carbocycles. The Morgan fingerprint density at radius 2 is 1.71 bits per heavy atom. The summed E-state index contributed by atoms with van der Waals surface area (Å²) >= 11 is 0. The van der Waals surface area contributed by atoms with Crippen molar-refractivity contribution in [2.24, 2.45) is 0 Å². The van der Waals surface area contributed by atoms with Crippen LogP contribution in [-0.2, 0) is 0 Å². The molecule has 4 rings (SSSR count). The van der Waals surface area contributed by atoms with Gasteiger partial charge in [-0.3, -0.25) is 19.3 Å². The first-order valence-electron chi connectivity index (χ1n) is 9.55. The van der Waals surface area contributed by atoms with Gasteiger partial charge in [-0.15, -0.1) is 0 Å². The highest BCUT2D eigenvalue weighted by molar-refractivity contribution is 6.22. The average molecular weight is 380 g/mol. The molecule has 0 radical (unpaired) electrons. The topological polar surface area (TPSA) is 66.5 Å². The van der Waals surface area contributed by atoms with Crippen molar-refractivity contribution in [1.29, 1.82) is 0 Å². The number of halogens is 1. The van der Waals surface area contributed by atoms with Crippen molar-refractivity contribution in [3.8, 4) is 0 Å². The second-order valence-corrected chi connectivity index (χ2v) is 7.47. The molecule has 144 valence electrons. The molecule has 0 atom stereocenters. The fourth-order valence-corrected chi connectivity index (χ4v) is 4.00. The van der Waals surface area contributed by atoms with Crippen molar-refractivity contribution in [2.45, 2.75) is 45.1 Å². The van der Waals surface area contributed by atoms with Crippen LogP contribution in [0.1, 0.15) is 68.7 Å². The Balaban J connectivity index is 1.59. The summed E-state index contributed by atoms with van der Waals surface area (Å²) < 4.78 is 13.9. The number of nitrogens with one attached hydrogen (secondary N) is 1. The molecule has 1 heterocycles. The van der Waals surface area contributed by atoms with Gasteiger partial charge in [0, 0.05) is 11.6 Å². The highest BCUT2D eigenvalue weighted by Gasteiger charge is 2.40. The monoisotopic (exact) mass is 380 g/mol. The zero-order valence-corrected chi connectivity index (χ0v) is 15.6. The lowest BCUT2D eigenvalue weighted by atomic mass is 9.94. The summed E-state index contributed by atoms with van der Waals surface area (Å²) in [4.78, 5) is 39.5. The van der Waals surface area contributed by atoms with E-state index in [0.29, 0.717) is 5.56 Å². The number of amides is 3. The third-order valence-corrected chi connectivity index (χ3v) is 5.49. The van der Waals surface area contributed by atoms with E-state index >= 15 is 0 Å². The number of nitrogens with zero attached hydrogens (tertiary/aromatic N) is 1. The zero-order valence-electron chi connectivity index (χ0n) is 15.6. The van der Waals surface area contributed by atoms with Crippen molar-refractivity contribution < 1.29 is 18.8 Å². The van der Waals surface area contributed by atoms with E-state index in [1.807, 2.05) is 0 Å². The number of carbonyl (C=O) groups is 3. The molecule has 1 N–H and O–H groups in total. The molecule has 28 heavy (non-hydrogen) atoms. The van der Waals surface area contributed by atoms with Gasteiger partial charge in [-0.2, -0.15) is 0 Å². The molecule has 6 heteroatoms. The Hall–Kier alpha value is -3.02. The lowest BCUT2D eigenvalue weighted by Crippen LogP contribution is -2.40. The first-order chi connectivity index (χ1) is 13.5. The molecule has 2 aliphatic rings. The number of imide groups is 1. The van der Waals surface area contributed by atoms with Crippen LogP contribution in [0, 0.1) is 12.7 Å². The molecular weight excluding hydrogens is 359 g/mol. The Bertz CT molecular complexity index is 980. The maximum atomic E-state index is 13.9. The third-order valence-electron chi connectivity index (χ3n) is 5.49. The number of benzene rings is 2. The average Bonchev–Trinajstić information content (AvgIpc) is 2.95. The van der Waals surface area contributed by atoms with Gasteiger partial charge in [0.1, 0.15) is 5.82 Å². The molecule has 1 fully saturated rings. The number of hydrogen-bond acceptors (Lipinski definition) is 3. The maximum absolute atomic E-state index is 13.9. The third kappa shape index (κ3) is 3.19. The molecule has 1 saturated carbocycles. The number of carbonyl (C=O) groups excluding carboxylic acids is 3. The predicted octanol–water partition coefficient (Wildman–Crippen LogP) is 4.32. The van der Waals surface area contributed by atoms with Crippen LogP contribution in [0.5, 0.6) is 0 Å². The van der Waals surface area contributed by atoms with Crippen LogP contribution in [-0.4, -0.2) is 28.7 Å². The fourth-order valence-electron chi connectivity index (χ4n) is 4.00. The van der Waals surface area contributed by atoms with Gasteiger partial charge in [-0.1, -0.05) is 25.3 Å². The van der Waals surface area contributed by atoms with E-state index in [1.54, 1.807) is 19.1 Å². The van der Waals surface area contributed by atoms with Crippen LogP contribution in [0.25, 0.3) is 0 Å². The zero-order chi connectivity index (χ0) is 19.8. The number of fused-ring (bicyclic) bond motifs is 1. The summed E-state index contributed by atoms with van der Waals surface area (Å²) in [5.74, 6) is -1.69. The smallest absolute Gasteiger partial charge is 0.261 e. The maximum Gasteiger partial charge on any atom is 0.261 e. The van der Waals surface area contributed by atoms with E-state index in [9.17, 15) is 18.8 Å². The normalized spacial score (nSPS) is 17.0. The lowest BCUT2D eigenvalue weighted by molar-refractivity contribution is 0.0549. The van der Waals surface area contributed by atoms with Gasteiger partial charge in [0.25, 0.3) is 17.7 Å². The van der Waals surface area contributed by atoms with E-state index in [-0.39, 0.29) is 34.7 Å². The molecule has 3 amide bonds. The van der Waals surface area contributed by atoms with Gasteiger partial charge in [-0.05, 0) is 55.7 Å².